The highest BCUT2D eigenvalue weighted by Gasteiger charge is 2.19. The number of amidine groups is 1. The van der Waals surface area contributed by atoms with E-state index in [0.29, 0.717) is 0 Å². The van der Waals surface area contributed by atoms with Gasteiger partial charge < -0.3 is 4.90 Å². The largest absolute Gasteiger partial charge is 0.360 e. The van der Waals surface area contributed by atoms with Crippen LogP contribution in [0.2, 0.25) is 0 Å². The summed E-state index contributed by atoms with van der Waals surface area (Å²) in [5.74, 6) is 1.82. The molecule has 1 aliphatic heterocycles. The van der Waals surface area contributed by atoms with E-state index in [1.807, 2.05) is 11.8 Å². The zero-order chi connectivity index (χ0) is 9.80. The van der Waals surface area contributed by atoms with Crippen molar-refractivity contribution in [3.8, 4) is 0 Å². The molecule has 1 aliphatic carbocycles. The van der Waals surface area contributed by atoms with Gasteiger partial charge in [0.1, 0.15) is 5.84 Å². The Kier molecular flexibility index (Phi) is 3.74. The summed E-state index contributed by atoms with van der Waals surface area (Å²) in [6, 6.07) is 0. The highest BCUT2D eigenvalue weighted by Crippen LogP contribution is 2.29. The van der Waals surface area contributed by atoms with Gasteiger partial charge in [0.05, 0.1) is 5.75 Å². The van der Waals surface area contributed by atoms with Gasteiger partial charge in [-0.1, -0.05) is 12.8 Å². The molecular weight excluding hydrogens is 192 g/mol. The maximum atomic E-state index is 7.95. The average molecular weight is 212 g/mol. The Morgan fingerprint density at radius 3 is 2.43 bits per heavy atom. The molecule has 1 saturated heterocycles. The number of nitrogens with one attached hydrogen (secondary N) is 1. The molecule has 2 fully saturated rings. The molecule has 0 unspecified atom stereocenters. The molecule has 0 bridgehead atoms. The van der Waals surface area contributed by atoms with Gasteiger partial charge in [-0.3, -0.25) is 5.41 Å². The maximum Gasteiger partial charge on any atom is 0.106 e. The summed E-state index contributed by atoms with van der Waals surface area (Å²) in [5.41, 5.74) is 0. The Morgan fingerprint density at radius 1 is 1.14 bits per heavy atom. The molecular formula is C11H20N2S. The molecule has 0 spiro atoms. The lowest BCUT2D eigenvalue weighted by atomic mass is 10.4. The van der Waals surface area contributed by atoms with Gasteiger partial charge in [-0.15, -0.1) is 0 Å². The standard InChI is InChI=1S/C11H20N2S/c12-11(13-7-3-4-8-13)9-14-10-5-1-2-6-10/h10,12H,1-9H2. The first-order valence-electron chi connectivity index (χ1n) is 5.80. The van der Waals surface area contributed by atoms with Crippen LogP contribution >= 0.6 is 11.8 Å². The lowest BCUT2D eigenvalue weighted by Crippen LogP contribution is -2.29. The van der Waals surface area contributed by atoms with Crippen LogP contribution in [0, 0.1) is 5.41 Å². The number of hydrogen-bond acceptors (Lipinski definition) is 2. The van der Waals surface area contributed by atoms with Crippen LogP contribution < -0.4 is 0 Å². The molecule has 0 aromatic heterocycles. The third-order valence-electron chi connectivity index (χ3n) is 3.25. The number of thioether (sulfide) groups is 1. The van der Waals surface area contributed by atoms with Crippen LogP contribution in [0.15, 0.2) is 0 Å². The van der Waals surface area contributed by atoms with Gasteiger partial charge in [-0.2, -0.15) is 11.8 Å². The molecule has 2 rings (SSSR count). The number of likely N-dealkylation sites (tertiary alicyclic amines) is 1. The summed E-state index contributed by atoms with van der Waals surface area (Å²) in [4.78, 5) is 2.25. The first-order chi connectivity index (χ1) is 6.86. The summed E-state index contributed by atoms with van der Waals surface area (Å²) in [5, 5.41) is 8.81. The fourth-order valence-electron chi connectivity index (χ4n) is 2.33. The minimum atomic E-state index is 0.859. The van der Waals surface area contributed by atoms with E-state index in [4.69, 9.17) is 5.41 Å². The molecule has 1 N–H and O–H groups in total. The van der Waals surface area contributed by atoms with E-state index in [0.717, 1.165) is 29.9 Å². The van der Waals surface area contributed by atoms with Gasteiger partial charge in [0.15, 0.2) is 0 Å². The van der Waals surface area contributed by atoms with E-state index in [9.17, 15) is 0 Å². The van der Waals surface area contributed by atoms with Crippen LogP contribution in [-0.4, -0.2) is 34.8 Å². The predicted molar refractivity (Wildman–Crippen MR) is 63.2 cm³/mol. The minimum absolute atomic E-state index is 0.859. The second-order valence-corrected chi connectivity index (χ2v) is 5.65. The Bertz CT molecular complexity index is 193. The number of nitrogens with zero attached hydrogens (tertiary/aromatic N) is 1. The van der Waals surface area contributed by atoms with Crippen LogP contribution in [0.5, 0.6) is 0 Å². The van der Waals surface area contributed by atoms with E-state index in [2.05, 4.69) is 4.90 Å². The summed E-state index contributed by atoms with van der Waals surface area (Å²) in [6.07, 6.45) is 8.17. The lowest BCUT2D eigenvalue weighted by molar-refractivity contribution is 0.514. The lowest BCUT2D eigenvalue weighted by Gasteiger charge is -2.19. The second-order valence-electron chi connectivity index (χ2n) is 4.36. The van der Waals surface area contributed by atoms with Crippen LogP contribution in [0.1, 0.15) is 38.5 Å². The van der Waals surface area contributed by atoms with Crippen molar-refractivity contribution in [2.75, 3.05) is 18.8 Å². The Hall–Kier alpha value is -0.180. The third-order valence-corrected chi connectivity index (χ3v) is 4.63. The molecule has 80 valence electrons. The quantitative estimate of drug-likeness (QED) is 0.575. The highest BCUT2D eigenvalue weighted by atomic mass is 32.2. The van der Waals surface area contributed by atoms with Crippen LogP contribution in [0.3, 0.4) is 0 Å². The third kappa shape index (κ3) is 2.66. The van der Waals surface area contributed by atoms with Crippen molar-refractivity contribution in [1.29, 1.82) is 5.41 Å². The first-order valence-corrected chi connectivity index (χ1v) is 6.85. The van der Waals surface area contributed by atoms with E-state index in [1.165, 1.54) is 38.5 Å². The molecule has 3 heteroatoms. The van der Waals surface area contributed by atoms with Gasteiger partial charge in [0.25, 0.3) is 0 Å². The molecule has 0 aromatic rings. The molecule has 0 aromatic carbocycles. The molecule has 1 saturated carbocycles. The number of rotatable bonds is 3. The molecule has 0 amide bonds. The highest BCUT2D eigenvalue weighted by molar-refractivity contribution is 8.00. The second kappa shape index (κ2) is 5.06. The zero-order valence-electron chi connectivity index (χ0n) is 8.80. The van der Waals surface area contributed by atoms with E-state index in [-0.39, 0.29) is 0 Å². The van der Waals surface area contributed by atoms with Crippen molar-refractivity contribution in [3.05, 3.63) is 0 Å². The fourth-order valence-corrected chi connectivity index (χ4v) is 3.57. The topological polar surface area (TPSA) is 27.1 Å². The van der Waals surface area contributed by atoms with E-state index >= 15 is 0 Å². The van der Waals surface area contributed by atoms with Crippen molar-refractivity contribution >= 4 is 17.6 Å². The van der Waals surface area contributed by atoms with Crippen LogP contribution in [0.25, 0.3) is 0 Å². The molecule has 2 aliphatic rings. The van der Waals surface area contributed by atoms with Gasteiger partial charge >= 0.3 is 0 Å². The normalized spacial score (nSPS) is 23.3. The van der Waals surface area contributed by atoms with Gasteiger partial charge in [-0.05, 0) is 25.7 Å². The van der Waals surface area contributed by atoms with Crippen molar-refractivity contribution in [2.45, 2.75) is 43.8 Å². The molecule has 2 nitrogen and oxygen atoms in total. The van der Waals surface area contributed by atoms with Gasteiger partial charge in [0, 0.05) is 18.3 Å². The summed E-state index contributed by atoms with van der Waals surface area (Å²) in [7, 11) is 0. The van der Waals surface area contributed by atoms with E-state index in [1.54, 1.807) is 0 Å². The van der Waals surface area contributed by atoms with E-state index < -0.39 is 0 Å². The van der Waals surface area contributed by atoms with Crippen molar-refractivity contribution < 1.29 is 0 Å². The predicted octanol–water partition coefficient (Wildman–Crippen LogP) is 2.74. The molecule has 14 heavy (non-hydrogen) atoms. The maximum absolute atomic E-state index is 7.95. The zero-order valence-corrected chi connectivity index (χ0v) is 9.61. The fraction of sp³-hybridized carbons (Fsp3) is 0.909. The smallest absolute Gasteiger partial charge is 0.106 e. The molecule has 1 heterocycles. The van der Waals surface area contributed by atoms with Gasteiger partial charge in [0.2, 0.25) is 0 Å². The monoisotopic (exact) mass is 212 g/mol. The van der Waals surface area contributed by atoms with Crippen LogP contribution in [0.4, 0.5) is 0 Å². The summed E-state index contributed by atoms with van der Waals surface area (Å²) in [6.45, 7) is 2.26. The SMILES string of the molecule is N=C(CSC1CCCC1)N1CCCC1. The Labute approximate surface area is 90.9 Å². The average Bonchev–Trinajstić information content (AvgIpc) is 2.87. The summed E-state index contributed by atoms with van der Waals surface area (Å²) >= 11 is 2.01. The molecule has 0 radical (unpaired) electrons. The van der Waals surface area contributed by atoms with Crippen molar-refractivity contribution in [1.82, 2.24) is 4.90 Å². The number of hydrogen-bond donors (Lipinski definition) is 1. The van der Waals surface area contributed by atoms with Crippen molar-refractivity contribution in [2.24, 2.45) is 0 Å². The summed E-state index contributed by atoms with van der Waals surface area (Å²) < 4.78 is 0. The van der Waals surface area contributed by atoms with Gasteiger partial charge in [-0.25, -0.2) is 0 Å². The minimum Gasteiger partial charge on any atom is -0.360 e. The Balaban J connectivity index is 1.66. The first kappa shape index (κ1) is 10.3. The van der Waals surface area contributed by atoms with Crippen molar-refractivity contribution in [3.63, 3.8) is 0 Å². The Morgan fingerprint density at radius 2 is 1.79 bits per heavy atom. The molecule has 0 atom stereocenters. The van der Waals surface area contributed by atoms with Crippen LogP contribution in [-0.2, 0) is 0 Å².